The zero-order valence-electron chi connectivity index (χ0n) is 11.7. The highest BCUT2D eigenvalue weighted by molar-refractivity contribution is 5.66. The van der Waals surface area contributed by atoms with Crippen molar-refractivity contribution in [1.82, 2.24) is 10.3 Å². The average Bonchev–Trinajstić information content (AvgIpc) is 2.42. The number of unbranched alkanes of at least 4 members (excludes halogenated alkanes) is 2. The molecule has 0 aromatic carbocycles. The first-order valence-corrected chi connectivity index (χ1v) is 6.76. The van der Waals surface area contributed by atoms with Crippen LogP contribution in [-0.2, 0) is 17.9 Å². The van der Waals surface area contributed by atoms with Crippen LogP contribution in [-0.4, -0.2) is 32.8 Å². The number of aliphatic hydroxyl groups is 1. The summed E-state index contributed by atoms with van der Waals surface area (Å²) in [6.45, 7) is 2.76. The Morgan fingerprint density at radius 2 is 2.10 bits per heavy atom. The standard InChI is InChI=1S/C14H22N2O4/c1-10-14(20)12(11(9-17)7-16-10)8-15-6-4-2-3-5-13(18)19/h7,15,17,20H,2-6,8-9H2,1H3,(H,18,19). The molecular formula is C14H22N2O4. The van der Waals surface area contributed by atoms with E-state index in [0.717, 1.165) is 19.4 Å². The van der Waals surface area contributed by atoms with Crippen LogP contribution in [0.3, 0.4) is 0 Å². The number of carbonyl (C=O) groups is 1. The first-order valence-electron chi connectivity index (χ1n) is 6.76. The molecule has 1 rings (SSSR count). The zero-order chi connectivity index (χ0) is 15.0. The van der Waals surface area contributed by atoms with Gasteiger partial charge in [0, 0.05) is 30.3 Å². The number of rotatable bonds is 9. The van der Waals surface area contributed by atoms with Crippen LogP contribution in [0.4, 0.5) is 0 Å². The summed E-state index contributed by atoms with van der Waals surface area (Å²) in [5.41, 5.74) is 1.83. The van der Waals surface area contributed by atoms with Crippen LogP contribution in [0.15, 0.2) is 6.20 Å². The van der Waals surface area contributed by atoms with Gasteiger partial charge >= 0.3 is 5.97 Å². The Labute approximate surface area is 118 Å². The minimum atomic E-state index is -0.761. The van der Waals surface area contributed by atoms with Crippen LogP contribution in [0.2, 0.25) is 0 Å². The molecule has 0 radical (unpaired) electrons. The molecule has 1 aromatic rings. The second-order valence-electron chi connectivity index (χ2n) is 4.74. The fraction of sp³-hybridized carbons (Fsp3) is 0.571. The van der Waals surface area contributed by atoms with Crippen molar-refractivity contribution in [2.24, 2.45) is 0 Å². The Bertz CT molecular complexity index is 449. The summed E-state index contributed by atoms with van der Waals surface area (Å²) in [4.78, 5) is 14.3. The molecule has 4 N–H and O–H groups in total. The lowest BCUT2D eigenvalue weighted by Crippen LogP contribution is -2.16. The van der Waals surface area contributed by atoms with Crippen molar-refractivity contribution in [3.63, 3.8) is 0 Å². The molecule has 0 atom stereocenters. The highest BCUT2D eigenvalue weighted by Gasteiger charge is 2.10. The van der Waals surface area contributed by atoms with Crippen LogP contribution in [0.1, 0.15) is 42.5 Å². The first kappa shape index (κ1) is 16.4. The molecule has 1 aromatic heterocycles. The summed E-state index contributed by atoms with van der Waals surface area (Å²) >= 11 is 0. The normalized spacial score (nSPS) is 10.7. The summed E-state index contributed by atoms with van der Waals surface area (Å²) in [7, 11) is 0. The van der Waals surface area contributed by atoms with E-state index in [9.17, 15) is 15.0 Å². The number of carboxylic acids is 1. The monoisotopic (exact) mass is 282 g/mol. The maximum absolute atomic E-state index is 10.3. The Kier molecular flexibility index (Phi) is 6.97. The fourth-order valence-electron chi connectivity index (χ4n) is 1.93. The molecule has 0 fully saturated rings. The number of aliphatic carboxylic acids is 1. The van der Waals surface area contributed by atoms with E-state index in [1.807, 2.05) is 0 Å². The number of aryl methyl sites for hydroxylation is 1. The van der Waals surface area contributed by atoms with Gasteiger partial charge in [-0.3, -0.25) is 9.78 Å². The quantitative estimate of drug-likeness (QED) is 0.509. The Balaban J connectivity index is 2.35. The Morgan fingerprint density at radius 1 is 1.35 bits per heavy atom. The molecule has 112 valence electrons. The van der Waals surface area contributed by atoms with Crippen LogP contribution < -0.4 is 5.32 Å². The van der Waals surface area contributed by atoms with Crippen LogP contribution in [0.25, 0.3) is 0 Å². The van der Waals surface area contributed by atoms with Gasteiger partial charge in [0.05, 0.1) is 12.3 Å². The molecule has 0 saturated carbocycles. The van der Waals surface area contributed by atoms with E-state index in [2.05, 4.69) is 10.3 Å². The van der Waals surface area contributed by atoms with Gasteiger partial charge in [-0.15, -0.1) is 0 Å². The molecule has 0 aliphatic carbocycles. The van der Waals surface area contributed by atoms with Crippen molar-refractivity contribution >= 4 is 5.97 Å². The Hall–Kier alpha value is -1.66. The van der Waals surface area contributed by atoms with Crippen molar-refractivity contribution < 1.29 is 20.1 Å². The van der Waals surface area contributed by atoms with Crippen LogP contribution in [0, 0.1) is 6.92 Å². The van der Waals surface area contributed by atoms with E-state index in [1.54, 1.807) is 13.1 Å². The number of hydrogen-bond acceptors (Lipinski definition) is 5. The van der Waals surface area contributed by atoms with Gasteiger partial charge in [-0.25, -0.2) is 0 Å². The predicted molar refractivity (Wildman–Crippen MR) is 74.4 cm³/mol. The van der Waals surface area contributed by atoms with Gasteiger partial charge in [-0.05, 0) is 26.3 Å². The minimum absolute atomic E-state index is 0.120. The summed E-state index contributed by atoms with van der Waals surface area (Å²) in [5.74, 6) is -0.641. The molecule has 6 heteroatoms. The zero-order valence-corrected chi connectivity index (χ0v) is 11.7. The number of aliphatic hydroxyl groups excluding tert-OH is 1. The molecule has 0 aliphatic heterocycles. The van der Waals surface area contributed by atoms with E-state index in [-0.39, 0.29) is 18.8 Å². The molecule has 0 saturated heterocycles. The number of pyridine rings is 1. The molecule has 0 unspecified atom stereocenters. The number of carboxylic acid groups (broad SMARTS) is 1. The highest BCUT2D eigenvalue weighted by Crippen LogP contribution is 2.23. The van der Waals surface area contributed by atoms with Crippen molar-refractivity contribution in [3.8, 4) is 5.75 Å². The smallest absolute Gasteiger partial charge is 0.303 e. The van der Waals surface area contributed by atoms with E-state index in [4.69, 9.17) is 5.11 Å². The van der Waals surface area contributed by atoms with Gasteiger partial charge in [0.15, 0.2) is 0 Å². The molecule has 0 aliphatic rings. The highest BCUT2D eigenvalue weighted by atomic mass is 16.4. The lowest BCUT2D eigenvalue weighted by atomic mass is 10.1. The number of hydrogen-bond donors (Lipinski definition) is 4. The number of aromatic hydroxyl groups is 1. The number of aromatic nitrogens is 1. The molecule has 1 heterocycles. The van der Waals surface area contributed by atoms with Gasteiger partial charge in [0.25, 0.3) is 0 Å². The molecule has 6 nitrogen and oxygen atoms in total. The van der Waals surface area contributed by atoms with Gasteiger partial charge < -0.3 is 20.6 Å². The number of nitrogens with one attached hydrogen (secondary N) is 1. The van der Waals surface area contributed by atoms with Crippen molar-refractivity contribution in [1.29, 1.82) is 0 Å². The second kappa shape index (κ2) is 8.50. The third kappa shape index (κ3) is 5.14. The van der Waals surface area contributed by atoms with E-state index in [0.29, 0.717) is 29.8 Å². The summed E-state index contributed by atoms with van der Waals surface area (Å²) in [6.07, 6.45) is 4.19. The van der Waals surface area contributed by atoms with Crippen LogP contribution in [0.5, 0.6) is 5.75 Å². The van der Waals surface area contributed by atoms with E-state index in [1.165, 1.54) is 0 Å². The minimum Gasteiger partial charge on any atom is -0.506 e. The molecule has 0 spiro atoms. The van der Waals surface area contributed by atoms with Gasteiger partial charge in [-0.1, -0.05) is 6.42 Å². The first-order chi connectivity index (χ1) is 9.56. The summed E-state index contributed by atoms with van der Waals surface area (Å²) in [5, 5.41) is 30.8. The van der Waals surface area contributed by atoms with E-state index >= 15 is 0 Å². The average molecular weight is 282 g/mol. The third-order valence-electron chi connectivity index (χ3n) is 3.15. The molecule has 20 heavy (non-hydrogen) atoms. The SMILES string of the molecule is Cc1ncc(CO)c(CNCCCCCC(=O)O)c1O. The maximum atomic E-state index is 10.3. The second-order valence-corrected chi connectivity index (χ2v) is 4.74. The van der Waals surface area contributed by atoms with Gasteiger partial charge in [-0.2, -0.15) is 0 Å². The topological polar surface area (TPSA) is 103 Å². The van der Waals surface area contributed by atoms with Crippen LogP contribution >= 0.6 is 0 Å². The predicted octanol–water partition coefficient (Wildman–Crippen LogP) is 1.32. The lowest BCUT2D eigenvalue weighted by molar-refractivity contribution is -0.137. The van der Waals surface area contributed by atoms with Crippen molar-refractivity contribution in [3.05, 3.63) is 23.0 Å². The van der Waals surface area contributed by atoms with Crippen molar-refractivity contribution in [2.75, 3.05) is 6.54 Å². The van der Waals surface area contributed by atoms with Gasteiger partial charge in [0.2, 0.25) is 0 Å². The summed E-state index contributed by atoms with van der Waals surface area (Å²) in [6, 6.07) is 0. The fourth-order valence-corrected chi connectivity index (χ4v) is 1.93. The Morgan fingerprint density at radius 3 is 2.75 bits per heavy atom. The van der Waals surface area contributed by atoms with E-state index < -0.39 is 5.97 Å². The maximum Gasteiger partial charge on any atom is 0.303 e. The summed E-state index contributed by atoms with van der Waals surface area (Å²) < 4.78 is 0. The molecule has 0 amide bonds. The van der Waals surface area contributed by atoms with Gasteiger partial charge in [0.1, 0.15) is 5.75 Å². The third-order valence-corrected chi connectivity index (χ3v) is 3.15. The molecule has 0 bridgehead atoms. The number of nitrogens with zero attached hydrogens (tertiary/aromatic N) is 1. The molecular weight excluding hydrogens is 260 g/mol. The largest absolute Gasteiger partial charge is 0.506 e. The lowest BCUT2D eigenvalue weighted by Gasteiger charge is -2.12. The van der Waals surface area contributed by atoms with Crippen molar-refractivity contribution in [2.45, 2.75) is 45.8 Å².